The second kappa shape index (κ2) is 7.24. The summed E-state index contributed by atoms with van der Waals surface area (Å²) in [6, 6.07) is 0.693. The first kappa shape index (κ1) is 14.8. The van der Waals surface area contributed by atoms with Gasteiger partial charge in [-0.1, -0.05) is 25.7 Å². The third-order valence-electron chi connectivity index (χ3n) is 5.43. The summed E-state index contributed by atoms with van der Waals surface area (Å²) in [4.78, 5) is 0. The smallest absolute Gasteiger partial charge is 0.0817 e. The second-order valence-electron chi connectivity index (χ2n) is 7.03. The van der Waals surface area contributed by atoms with Crippen LogP contribution < -0.4 is 5.32 Å². The lowest BCUT2D eigenvalue weighted by atomic mass is 9.83. The van der Waals surface area contributed by atoms with Crippen LogP contribution in [0.2, 0.25) is 0 Å². The van der Waals surface area contributed by atoms with Crippen LogP contribution in [-0.4, -0.2) is 37.5 Å². The topological polar surface area (TPSA) is 30.5 Å². The average molecular weight is 281 g/mol. The maximum absolute atomic E-state index is 6.34. The van der Waals surface area contributed by atoms with E-state index >= 15 is 0 Å². The van der Waals surface area contributed by atoms with Crippen molar-refractivity contribution in [1.29, 1.82) is 0 Å². The third-order valence-corrected chi connectivity index (χ3v) is 5.43. The van der Waals surface area contributed by atoms with Gasteiger partial charge in [-0.25, -0.2) is 0 Å². The molecule has 116 valence electrons. The van der Waals surface area contributed by atoms with E-state index in [0.717, 1.165) is 19.6 Å². The molecule has 1 N–H and O–H groups in total. The van der Waals surface area contributed by atoms with Crippen LogP contribution in [0.1, 0.15) is 70.6 Å². The lowest BCUT2D eigenvalue weighted by Gasteiger charge is -2.33. The molecule has 0 amide bonds. The van der Waals surface area contributed by atoms with Crippen molar-refractivity contribution < 1.29 is 9.47 Å². The molecule has 1 saturated carbocycles. The van der Waals surface area contributed by atoms with Gasteiger partial charge >= 0.3 is 0 Å². The van der Waals surface area contributed by atoms with E-state index in [0.29, 0.717) is 12.1 Å². The molecule has 2 atom stereocenters. The van der Waals surface area contributed by atoms with Gasteiger partial charge in [0, 0.05) is 12.6 Å². The minimum absolute atomic E-state index is 0.247. The molecule has 0 bridgehead atoms. The highest BCUT2D eigenvalue weighted by Gasteiger charge is 2.40. The molecule has 3 fully saturated rings. The first-order chi connectivity index (χ1) is 9.86. The van der Waals surface area contributed by atoms with Crippen molar-refractivity contribution in [2.45, 2.75) is 88.4 Å². The van der Waals surface area contributed by atoms with Gasteiger partial charge in [-0.05, 0) is 51.5 Å². The standard InChI is InChI=1S/C17H31NO2/c1-3-9-17(10-4-1)11-7-16(20-17)14-19-13-8-15-6-2-5-12-18-15/h15-16,18H,1-14H2. The number of piperidine rings is 1. The maximum Gasteiger partial charge on any atom is 0.0817 e. The molecule has 3 rings (SSSR count). The number of rotatable bonds is 5. The third kappa shape index (κ3) is 3.96. The average Bonchev–Trinajstić information content (AvgIpc) is 2.88. The van der Waals surface area contributed by atoms with Crippen LogP contribution in [0.5, 0.6) is 0 Å². The first-order valence-corrected chi connectivity index (χ1v) is 8.85. The van der Waals surface area contributed by atoms with Crippen molar-refractivity contribution in [3.8, 4) is 0 Å². The van der Waals surface area contributed by atoms with E-state index in [-0.39, 0.29) is 5.60 Å². The summed E-state index contributed by atoms with van der Waals surface area (Å²) in [5.74, 6) is 0. The SMILES string of the molecule is C1CCC2(CC1)CCC(COCCC1CCCCN1)O2. The molecule has 1 spiro atoms. The highest BCUT2D eigenvalue weighted by atomic mass is 16.6. The Kier molecular flexibility index (Phi) is 5.36. The molecule has 0 aromatic heterocycles. The molecule has 3 nitrogen and oxygen atoms in total. The Hall–Kier alpha value is -0.120. The van der Waals surface area contributed by atoms with Gasteiger partial charge in [0.1, 0.15) is 0 Å². The minimum atomic E-state index is 0.247. The van der Waals surface area contributed by atoms with Crippen molar-refractivity contribution in [3.05, 3.63) is 0 Å². The summed E-state index contributed by atoms with van der Waals surface area (Å²) in [6.45, 7) is 2.90. The minimum Gasteiger partial charge on any atom is -0.379 e. The van der Waals surface area contributed by atoms with Crippen molar-refractivity contribution in [1.82, 2.24) is 5.32 Å². The molecule has 2 saturated heterocycles. The molecule has 0 aromatic carbocycles. The number of hydrogen-bond acceptors (Lipinski definition) is 3. The zero-order valence-electron chi connectivity index (χ0n) is 12.9. The van der Waals surface area contributed by atoms with Crippen LogP contribution in [-0.2, 0) is 9.47 Å². The second-order valence-corrected chi connectivity index (χ2v) is 7.03. The van der Waals surface area contributed by atoms with Crippen molar-refractivity contribution in [2.75, 3.05) is 19.8 Å². The van der Waals surface area contributed by atoms with Gasteiger partial charge in [-0.3, -0.25) is 0 Å². The van der Waals surface area contributed by atoms with Gasteiger partial charge in [0.25, 0.3) is 0 Å². The van der Waals surface area contributed by atoms with Crippen molar-refractivity contribution in [2.24, 2.45) is 0 Å². The Bertz CT molecular complexity index is 283. The van der Waals surface area contributed by atoms with Gasteiger partial charge in [-0.15, -0.1) is 0 Å². The quantitative estimate of drug-likeness (QED) is 0.783. The van der Waals surface area contributed by atoms with Crippen LogP contribution in [0.25, 0.3) is 0 Å². The van der Waals surface area contributed by atoms with Gasteiger partial charge < -0.3 is 14.8 Å². The monoisotopic (exact) mass is 281 g/mol. The lowest BCUT2D eigenvalue weighted by Crippen LogP contribution is -2.35. The summed E-state index contributed by atoms with van der Waals surface area (Å²) in [6.07, 6.45) is 14.8. The Morgan fingerprint density at radius 2 is 1.90 bits per heavy atom. The Morgan fingerprint density at radius 3 is 2.70 bits per heavy atom. The van der Waals surface area contributed by atoms with E-state index in [1.165, 1.54) is 70.8 Å². The van der Waals surface area contributed by atoms with Gasteiger partial charge in [-0.2, -0.15) is 0 Å². The molecule has 0 radical (unpaired) electrons. The maximum atomic E-state index is 6.34. The van der Waals surface area contributed by atoms with E-state index in [2.05, 4.69) is 5.32 Å². The van der Waals surface area contributed by atoms with E-state index < -0.39 is 0 Å². The van der Waals surface area contributed by atoms with E-state index in [9.17, 15) is 0 Å². The highest BCUT2D eigenvalue weighted by molar-refractivity contribution is 4.91. The van der Waals surface area contributed by atoms with Crippen LogP contribution in [0, 0.1) is 0 Å². The van der Waals surface area contributed by atoms with Crippen LogP contribution >= 0.6 is 0 Å². The van der Waals surface area contributed by atoms with Crippen LogP contribution in [0.4, 0.5) is 0 Å². The van der Waals surface area contributed by atoms with E-state index in [1.807, 2.05) is 0 Å². The summed E-state index contributed by atoms with van der Waals surface area (Å²) >= 11 is 0. The predicted octanol–water partition coefficient (Wildman–Crippen LogP) is 3.42. The zero-order valence-corrected chi connectivity index (χ0v) is 12.9. The fourth-order valence-corrected chi connectivity index (χ4v) is 4.19. The zero-order chi connectivity index (χ0) is 13.7. The fourth-order valence-electron chi connectivity index (χ4n) is 4.19. The largest absolute Gasteiger partial charge is 0.379 e. The summed E-state index contributed by atoms with van der Waals surface area (Å²) in [7, 11) is 0. The summed E-state index contributed by atoms with van der Waals surface area (Å²) in [5, 5.41) is 3.58. The Labute approximate surface area is 123 Å². The fraction of sp³-hybridized carbons (Fsp3) is 1.00. The van der Waals surface area contributed by atoms with E-state index in [1.54, 1.807) is 0 Å². The van der Waals surface area contributed by atoms with Crippen LogP contribution in [0.3, 0.4) is 0 Å². The molecular weight excluding hydrogens is 250 g/mol. The van der Waals surface area contributed by atoms with E-state index in [4.69, 9.17) is 9.47 Å². The Balaban J connectivity index is 1.29. The predicted molar refractivity (Wildman–Crippen MR) is 81.0 cm³/mol. The lowest BCUT2D eigenvalue weighted by molar-refractivity contribution is -0.0884. The molecule has 0 aromatic rings. The van der Waals surface area contributed by atoms with Crippen molar-refractivity contribution >= 4 is 0 Å². The number of nitrogens with one attached hydrogen (secondary N) is 1. The molecule has 3 heteroatoms. The molecule has 2 unspecified atom stereocenters. The molecule has 3 aliphatic rings. The molecule has 2 aliphatic heterocycles. The van der Waals surface area contributed by atoms with Gasteiger partial charge in [0.2, 0.25) is 0 Å². The number of hydrogen-bond donors (Lipinski definition) is 1. The Morgan fingerprint density at radius 1 is 1.00 bits per heavy atom. The molecular formula is C17H31NO2. The van der Waals surface area contributed by atoms with Gasteiger partial charge in [0.05, 0.1) is 18.3 Å². The number of ether oxygens (including phenoxy) is 2. The van der Waals surface area contributed by atoms with Crippen molar-refractivity contribution in [3.63, 3.8) is 0 Å². The molecule has 1 aliphatic carbocycles. The molecule has 2 heterocycles. The van der Waals surface area contributed by atoms with Crippen LogP contribution in [0.15, 0.2) is 0 Å². The normalized spacial score (nSPS) is 33.6. The van der Waals surface area contributed by atoms with Gasteiger partial charge in [0.15, 0.2) is 0 Å². The highest BCUT2D eigenvalue weighted by Crippen LogP contribution is 2.41. The first-order valence-electron chi connectivity index (χ1n) is 8.85. The summed E-state index contributed by atoms with van der Waals surface area (Å²) in [5.41, 5.74) is 0.247. The summed E-state index contributed by atoms with van der Waals surface area (Å²) < 4.78 is 12.2. The molecule has 20 heavy (non-hydrogen) atoms.